The monoisotopic (exact) mass is 334 g/mol. The van der Waals surface area contributed by atoms with Crippen molar-refractivity contribution in [1.29, 1.82) is 0 Å². The lowest BCUT2D eigenvalue weighted by Gasteiger charge is -2.21. The zero-order chi connectivity index (χ0) is 18.4. The summed E-state index contributed by atoms with van der Waals surface area (Å²) in [4.78, 5) is 29.8. The predicted octanol–water partition coefficient (Wildman–Crippen LogP) is 2.19. The van der Waals surface area contributed by atoms with Gasteiger partial charge in [0.2, 0.25) is 11.8 Å². The van der Waals surface area contributed by atoms with Crippen molar-refractivity contribution in [1.82, 2.24) is 15.5 Å². The summed E-state index contributed by atoms with van der Waals surface area (Å²) in [6.45, 7) is 13.0. The smallest absolute Gasteiger partial charge is 0.228 e. The van der Waals surface area contributed by atoms with Crippen LogP contribution in [0.4, 0.5) is 0 Å². The normalized spacial score (nSPS) is 17.8. The number of hydrogen-bond donors (Lipinski definition) is 2. The molecule has 0 aromatic heterocycles. The van der Waals surface area contributed by atoms with Crippen molar-refractivity contribution in [3.63, 3.8) is 0 Å². The molecule has 1 saturated carbocycles. The van der Waals surface area contributed by atoms with Crippen molar-refractivity contribution >= 4 is 17.6 Å². The molecule has 0 saturated heterocycles. The Hall–Kier alpha value is -2.11. The summed E-state index contributed by atoms with van der Waals surface area (Å²) < 4.78 is 0. The first-order valence-electron chi connectivity index (χ1n) is 8.35. The average Bonchev–Trinajstić information content (AvgIpc) is 3.29. The number of nitrogens with zero attached hydrogens (tertiary/aromatic N) is 2. The molecule has 1 unspecified atom stereocenters. The molecule has 2 atom stereocenters. The van der Waals surface area contributed by atoms with E-state index in [1.54, 1.807) is 13.1 Å². The van der Waals surface area contributed by atoms with Gasteiger partial charge in [0.05, 0.1) is 6.04 Å². The first kappa shape index (κ1) is 19.9. The van der Waals surface area contributed by atoms with Gasteiger partial charge < -0.3 is 15.5 Å². The van der Waals surface area contributed by atoms with Crippen molar-refractivity contribution < 1.29 is 9.59 Å². The van der Waals surface area contributed by atoms with E-state index in [0.717, 1.165) is 24.2 Å². The van der Waals surface area contributed by atoms with E-state index >= 15 is 0 Å². The van der Waals surface area contributed by atoms with Crippen LogP contribution in [0, 0.1) is 5.92 Å². The zero-order valence-electron chi connectivity index (χ0n) is 15.6. The maximum atomic E-state index is 12.1. The number of hydrogen-bond acceptors (Lipinski definition) is 4. The largest absolute Gasteiger partial charge is 0.384 e. The summed E-state index contributed by atoms with van der Waals surface area (Å²) in [6, 6.07) is 0.0115. The fraction of sp³-hybridized carbons (Fsp3) is 0.611. The molecule has 6 heteroatoms. The molecule has 1 aliphatic carbocycles. The van der Waals surface area contributed by atoms with E-state index in [4.69, 9.17) is 0 Å². The number of amidine groups is 1. The van der Waals surface area contributed by atoms with Crippen molar-refractivity contribution in [3.05, 3.63) is 24.0 Å². The van der Waals surface area contributed by atoms with E-state index in [-0.39, 0.29) is 29.8 Å². The highest BCUT2D eigenvalue weighted by Crippen LogP contribution is 2.28. The van der Waals surface area contributed by atoms with E-state index in [9.17, 15) is 9.59 Å². The van der Waals surface area contributed by atoms with Crippen LogP contribution in [0.15, 0.2) is 29.0 Å². The Morgan fingerprint density at radius 3 is 2.29 bits per heavy atom. The second-order valence-electron chi connectivity index (χ2n) is 6.60. The Labute approximate surface area is 145 Å². The summed E-state index contributed by atoms with van der Waals surface area (Å²) in [5.41, 5.74) is 1.60. The maximum absolute atomic E-state index is 12.1. The molecule has 0 radical (unpaired) electrons. The highest BCUT2D eigenvalue weighted by Gasteiger charge is 2.30. The Balaban J connectivity index is 2.96. The molecule has 0 aromatic rings. The third-order valence-corrected chi connectivity index (χ3v) is 4.09. The summed E-state index contributed by atoms with van der Waals surface area (Å²) in [7, 11) is 1.70. The molecule has 1 fully saturated rings. The van der Waals surface area contributed by atoms with Crippen LogP contribution in [0.25, 0.3) is 0 Å². The van der Waals surface area contributed by atoms with E-state index in [0.29, 0.717) is 5.84 Å². The fourth-order valence-electron chi connectivity index (χ4n) is 2.06. The van der Waals surface area contributed by atoms with Crippen molar-refractivity contribution in [3.8, 4) is 0 Å². The summed E-state index contributed by atoms with van der Waals surface area (Å²) in [5, 5.41) is 6.12. The van der Waals surface area contributed by atoms with Gasteiger partial charge in [-0.1, -0.05) is 6.58 Å². The second kappa shape index (κ2) is 8.66. The molecule has 1 rings (SSSR count). The Kier molecular flexibility index (Phi) is 7.19. The summed E-state index contributed by atoms with van der Waals surface area (Å²) >= 11 is 0. The summed E-state index contributed by atoms with van der Waals surface area (Å²) in [5.74, 6) is 0.508. The topological polar surface area (TPSA) is 73.8 Å². The molecule has 6 nitrogen and oxygen atoms in total. The number of carbonyl (C=O) groups excluding carboxylic acids is 2. The number of carbonyl (C=O) groups is 2. The van der Waals surface area contributed by atoms with Gasteiger partial charge in [0, 0.05) is 37.3 Å². The molecule has 0 bridgehead atoms. The Morgan fingerprint density at radius 2 is 1.83 bits per heavy atom. The number of amides is 2. The fourth-order valence-corrected chi connectivity index (χ4v) is 2.06. The minimum atomic E-state index is -0.0676. The van der Waals surface area contributed by atoms with Crippen LogP contribution in [0.5, 0.6) is 0 Å². The molecule has 2 amide bonds. The quantitative estimate of drug-likeness (QED) is 0.554. The van der Waals surface area contributed by atoms with Gasteiger partial charge in [-0.05, 0) is 46.6 Å². The first-order valence-corrected chi connectivity index (χ1v) is 8.35. The summed E-state index contributed by atoms with van der Waals surface area (Å²) in [6.07, 6.45) is 3.60. The number of rotatable bonds is 7. The number of nitrogens with one attached hydrogen (secondary N) is 2. The van der Waals surface area contributed by atoms with Crippen LogP contribution in [0.1, 0.15) is 47.5 Å². The van der Waals surface area contributed by atoms with Crippen molar-refractivity contribution in [2.75, 3.05) is 7.05 Å². The molecule has 0 heterocycles. The first-order chi connectivity index (χ1) is 11.1. The minimum Gasteiger partial charge on any atom is -0.384 e. The Bertz CT molecular complexity index is 561. The molecule has 134 valence electrons. The second-order valence-corrected chi connectivity index (χ2v) is 6.60. The van der Waals surface area contributed by atoms with Crippen LogP contribution in [-0.4, -0.2) is 41.7 Å². The molecular weight excluding hydrogens is 304 g/mol. The van der Waals surface area contributed by atoms with Gasteiger partial charge in [-0.3, -0.25) is 14.6 Å². The molecule has 1 aliphatic rings. The highest BCUT2D eigenvalue weighted by atomic mass is 16.2. The lowest BCUT2D eigenvalue weighted by Crippen LogP contribution is -2.37. The van der Waals surface area contributed by atoms with Gasteiger partial charge in [0.15, 0.2) is 0 Å². The number of aliphatic imine (C=N–C) groups is 1. The van der Waals surface area contributed by atoms with Gasteiger partial charge in [-0.2, -0.15) is 0 Å². The average molecular weight is 334 g/mol. The van der Waals surface area contributed by atoms with E-state index < -0.39 is 0 Å². The van der Waals surface area contributed by atoms with Gasteiger partial charge in [-0.25, -0.2) is 0 Å². The molecule has 0 aromatic carbocycles. The van der Waals surface area contributed by atoms with Crippen LogP contribution in [0.2, 0.25) is 0 Å². The van der Waals surface area contributed by atoms with Crippen LogP contribution in [-0.2, 0) is 9.59 Å². The van der Waals surface area contributed by atoms with Crippen molar-refractivity contribution in [2.45, 2.75) is 59.5 Å². The maximum Gasteiger partial charge on any atom is 0.228 e. The van der Waals surface area contributed by atoms with E-state index in [1.165, 1.54) is 11.8 Å². The third kappa shape index (κ3) is 6.56. The predicted molar refractivity (Wildman–Crippen MR) is 97.4 cm³/mol. The molecule has 0 aliphatic heterocycles. The lowest BCUT2D eigenvalue weighted by atomic mass is 10.1. The van der Waals surface area contributed by atoms with Gasteiger partial charge in [0.1, 0.15) is 5.84 Å². The zero-order valence-corrected chi connectivity index (χ0v) is 15.6. The highest BCUT2D eigenvalue weighted by molar-refractivity contribution is 6.06. The molecular formula is C18H30N4O2. The van der Waals surface area contributed by atoms with Gasteiger partial charge in [-0.15, -0.1) is 0 Å². The van der Waals surface area contributed by atoms with Gasteiger partial charge in [0.25, 0.3) is 0 Å². The third-order valence-electron chi connectivity index (χ3n) is 4.09. The van der Waals surface area contributed by atoms with E-state index in [2.05, 4.69) is 22.2 Å². The number of allylic oxidation sites excluding steroid dienone is 2. The molecule has 24 heavy (non-hydrogen) atoms. The standard InChI is InChI=1S/C18H30N4O2/c1-11(2)19-13(4)14(5)20-17(21-18(24)16-8-9-16)10-12(3)22(7)15(6)23/h10,13-14,16,19H,1,8-9H2,2-7H3,(H,20,21,24)/b12-10+/t13-,14?/m0/s1. The van der Waals surface area contributed by atoms with Crippen LogP contribution >= 0.6 is 0 Å². The van der Waals surface area contributed by atoms with Crippen LogP contribution in [0.3, 0.4) is 0 Å². The molecule has 0 spiro atoms. The van der Waals surface area contributed by atoms with E-state index in [1.807, 2.05) is 27.7 Å². The van der Waals surface area contributed by atoms with Gasteiger partial charge >= 0.3 is 0 Å². The SMILES string of the molecule is C=C(C)N[C@@H](C)C(C)/N=C(\C=C(/C)N(C)C(C)=O)NC(=O)C1CC1. The molecule has 2 N–H and O–H groups in total. The van der Waals surface area contributed by atoms with Crippen molar-refractivity contribution in [2.24, 2.45) is 10.9 Å². The lowest BCUT2D eigenvalue weighted by molar-refractivity contribution is -0.125. The minimum absolute atomic E-state index is 0.00371. The van der Waals surface area contributed by atoms with Crippen LogP contribution < -0.4 is 10.6 Å². The Morgan fingerprint density at radius 1 is 1.25 bits per heavy atom.